The van der Waals surface area contributed by atoms with Gasteiger partial charge < -0.3 is 9.64 Å². The molecule has 0 N–H and O–H groups in total. The molecule has 1 aromatic heterocycles. The molecular weight excluding hydrogens is 326 g/mol. The number of amides is 1. The number of fused-ring (bicyclic) bond motifs is 1. The number of aryl methyl sites for hydroxylation is 1. The monoisotopic (exact) mass is 357 g/mol. The normalized spacial score (nSPS) is 30.7. The Hall–Kier alpha value is -1.46. The zero-order valence-corrected chi connectivity index (χ0v) is 16.1. The van der Waals surface area contributed by atoms with E-state index in [-0.39, 0.29) is 0 Å². The average molecular weight is 357 g/mol. The molecular formula is C21H31N3O2. The third kappa shape index (κ3) is 3.39. The van der Waals surface area contributed by atoms with Crippen LogP contribution in [-0.2, 0) is 16.0 Å². The Morgan fingerprint density at radius 1 is 1.35 bits per heavy atom. The maximum Gasteiger partial charge on any atom is 0.222 e. The second-order valence-corrected chi connectivity index (χ2v) is 9.10. The number of likely N-dealkylation sites (tertiary alicyclic amines) is 1. The van der Waals surface area contributed by atoms with Gasteiger partial charge in [-0.2, -0.15) is 0 Å². The van der Waals surface area contributed by atoms with Crippen LogP contribution in [0.25, 0.3) is 0 Å². The number of rotatable bonds is 5. The Morgan fingerprint density at radius 2 is 2.15 bits per heavy atom. The van der Waals surface area contributed by atoms with Gasteiger partial charge in [-0.3, -0.25) is 14.7 Å². The van der Waals surface area contributed by atoms with Gasteiger partial charge in [0.15, 0.2) is 0 Å². The molecule has 142 valence electrons. The molecule has 0 unspecified atom stereocenters. The van der Waals surface area contributed by atoms with Gasteiger partial charge in [0.1, 0.15) is 0 Å². The first kappa shape index (κ1) is 17.9. The van der Waals surface area contributed by atoms with Crippen LogP contribution in [0.3, 0.4) is 0 Å². The number of aromatic nitrogens is 1. The second-order valence-electron chi connectivity index (χ2n) is 9.10. The summed E-state index contributed by atoms with van der Waals surface area (Å²) in [5.74, 6) is 0.931. The molecule has 1 amide bonds. The second kappa shape index (κ2) is 6.93. The van der Waals surface area contributed by atoms with E-state index in [1.54, 1.807) is 6.20 Å². The number of nitrogens with zero attached hydrogens (tertiary/aromatic N) is 3. The third-order valence-corrected chi connectivity index (χ3v) is 6.74. The van der Waals surface area contributed by atoms with Crippen molar-refractivity contribution in [1.82, 2.24) is 14.8 Å². The molecule has 1 aliphatic carbocycles. The molecule has 5 heteroatoms. The van der Waals surface area contributed by atoms with E-state index in [1.165, 1.54) is 6.42 Å². The summed E-state index contributed by atoms with van der Waals surface area (Å²) in [4.78, 5) is 21.7. The Labute approximate surface area is 156 Å². The summed E-state index contributed by atoms with van der Waals surface area (Å²) in [6.07, 6.45) is 6.25. The zero-order valence-electron chi connectivity index (χ0n) is 16.1. The highest BCUT2D eigenvalue weighted by molar-refractivity contribution is 5.77. The van der Waals surface area contributed by atoms with E-state index >= 15 is 0 Å². The highest BCUT2D eigenvalue weighted by Gasteiger charge is 2.63. The van der Waals surface area contributed by atoms with Gasteiger partial charge in [0.05, 0.1) is 13.2 Å². The maximum atomic E-state index is 12.9. The van der Waals surface area contributed by atoms with Crippen molar-refractivity contribution in [3.05, 3.63) is 30.1 Å². The van der Waals surface area contributed by atoms with Crippen LogP contribution in [0.1, 0.15) is 32.3 Å². The minimum Gasteiger partial charge on any atom is -0.379 e. The van der Waals surface area contributed by atoms with Gasteiger partial charge in [-0.15, -0.1) is 0 Å². The molecule has 2 saturated heterocycles. The van der Waals surface area contributed by atoms with E-state index in [0.717, 1.165) is 57.9 Å². The quantitative estimate of drug-likeness (QED) is 0.811. The summed E-state index contributed by atoms with van der Waals surface area (Å²) in [5.41, 5.74) is 1.79. The summed E-state index contributed by atoms with van der Waals surface area (Å²) < 4.78 is 5.50. The summed E-state index contributed by atoms with van der Waals surface area (Å²) >= 11 is 0. The fourth-order valence-electron chi connectivity index (χ4n) is 5.69. The highest BCUT2D eigenvalue weighted by Crippen LogP contribution is 2.63. The number of carbonyl (C=O) groups excluding carboxylic acids is 1. The molecule has 2 aliphatic heterocycles. The van der Waals surface area contributed by atoms with Crippen molar-refractivity contribution >= 4 is 5.91 Å². The number of carbonyl (C=O) groups is 1. The number of hydrogen-bond donors (Lipinski definition) is 0. The lowest BCUT2D eigenvalue weighted by atomic mass is 9.48. The lowest BCUT2D eigenvalue weighted by Crippen LogP contribution is -2.59. The van der Waals surface area contributed by atoms with Crippen LogP contribution in [0.15, 0.2) is 24.5 Å². The van der Waals surface area contributed by atoms with E-state index in [1.807, 2.05) is 12.3 Å². The molecule has 3 aliphatic rings. The van der Waals surface area contributed by atoms with Crippen LogP contribution in [0.2, 0.25) is 0 Å². The number of pyridine rings is 1. The molecule has 26 heavy (non-hydrogen) atoms. The van der Waals surface area contributed by atoms with Crippen molar-refractivity contribution in [1.29, 1.82) is 0 Å². The van der Waals surface area contributed by atoms with Gasteiger partial charge in [0.25, 0.3) is 0 Å². The number of hydrogen-bond acceptors (Lipinski definition) is 4. The molecule has 0 aromatic carbocycles. The van der Waals surface area contributed by atoms with Crippen LogP contribution in [-0.4, -0.2) is 66.6 Å². The Balaban J connectivity index is 1.39. The summed E-state index contributed by atoms with van der Waals surface area (Å²) in [7, 11) is 0. The molecule has 3 heterocycles. The van der Waals surface area contributed by atoms with Crippen LogP contribution in [0.5, 0.6) is 0 Å². The topological polar surface area (TPSA) is 45.7 Å². The standard InChI is InChI=1S/C21H31N3O2/c1-20(2)14-21(15-23-8-10-26-11-9-23)16-24(13-18(20)21)19(25)6-5-17-4-3-7-22-12-17/h3-4,7,12,18H,5-6,8-11,13-16H2,1-2H3/t18-,21+/m1/s1. The number of morpholine rings is 1. The van der Waals surface area contributed by atoms with Gasteiger partial charge >= 0.3 is 0 Å². The summed E-state index contributed by atoms with van der Waals surface area (Å²) in [6.45, 7) is 11.5. The predicted octanol–water partition coefficient (Wildman–Crippen LogP) is 2.22. The van der Waals surface area contributed by atoms with Gasteiger partial charge in [-0.25, -0.2) is 0 Å². The third-order valence-electron chi connectivity index (χ3n) is 6.74. The van der Waals surface area contributed by atoms with Crippen molar-refractivity contribution in [3.8, 4) is 0 Å². The smallest absolute Gasteiger partial charge is 0.222 e. The Morgan fingerprint density at radius 3 is 2.85 bits per heavy atom. The predicted molar refractivity (Wildman–Crippen MR) is 101 cm³/mol. The molecule has 4 rings (SSSR count). The van der Waals surface area contributed by atoms with E-state index in [9.17, 15) is 4.79 Å². The minimum absolute atomic E-state index is 0.296. The van der Waals surface area contributed by atoms with Gasteiger partial charge in [0, 0.05) is 57.0 Å². The molecule has 1 aromatic rings. The van der Waals surface area contributed by atoms with E-state index < -0.39 is 0 Å². The van der Waals surface area contributed by atoms with Gasteiger partial charge in [-0.1, -0.05) is 19.9 Å². The van der Waals surface area contributed by atoms with E-state index in [0.29, 0.717) is 29.1 Å². The molecule has 0 spiro atoms. The molecule has 5 nitrogen and oxygen atoms in total. The maximum absolute atomic E-state index is 12.9. The van der Waals surface area contributed by atoms with Crippen molar-refractivity contribution in [2.24, 2.45) is 16.7 Å². The fourth-order valence-corrected chi connectivity index (χ4v) is 5.69. The molecule has 0 radical (unpaired) electrons. The molecule has 1 saturated carbocycles. The van der Waals surface area contributed by atoms with Gasteiger partial charge in [0.2, 0.25) is 5.91 Å². The first-order valence-corrected chi connectivity index (χ1v) is 9.95. The molecule has 3 fully saturated rings. The van der Waals surface area contributed by atoms with Crippen molar-refractivity contribution in [3.63, 3.8) is 0 Å². The van der Waals surface area contributed by atoms with Crippen molar-refractivity contribution < 1.29 is 9.53 Å². The van der Waals surface area contributed by atoms with E-state index in [2.05, 4.69) is 34.7 Å². The van der Waals surface area contributed by atoms with Crippen LogP contribution in [0, 0.1) is 16.7 Å². The van der Waals surface area contributed by atoms with Crippen LogP contribution >= 0.6 is 0 Å². The van der Waals surface area contributed by atoms with Gasteiger partial charge in [-0.05, 0) is 35.8 Å². The van der Waals surface area contributed by atoms with Crippen molar-refractivity contribution in [2.75, 3.05) is 45.9 Å². The number of ether oxygens (including phenoxy) is 1. The first-order valence-electron chi connectivity index (χ1n) is 9.95. The molecule has 0 bridgehead atoms. The summed E-state index contributed by atoms with van der Waals surface area (Å²) in [6, 6.07) is 3.99. The lowest BCUT2D eigenvalue weighted by Gasteiger charge is -2.58. The van der Waals surface area contributed by atoms with Crippen molar-refractivity contribution in [2.45, 2.75) is 33.1 Å². The van der Waals surface area contributed by atoms with Crippen LogP contribution in [0.4, 0.5) is 0 Å². The summed E-state index contributed by atoms with van der Waals surface area (Å²) in [5, 5.41) is 0. The average Bonchev–Trinajstić information content (AvgIpc) is 2.96. The minimum atomic E-state index is 0.296. The fraction of sp³-hybridized carbons (Fsp3) is 0.714. The SMILES string of the molecule is CC1(C)C[C@]2(CN3CCOCC3)CN(C(=O)CCc3cccnc3)C[C@H]12. The Bertz CT molecular complexity index is 642. The Kier molecular flexibility index (Phi) is 4.78. The first-order chi connectivity index (χ1) is 12.5. The zero-order chi connectivity index (χ0) is 18.2. The van der Waals surface area contributed by atoms with Crippen LogP contribution < -0.4 is 0 Å². The highest BCUT2D eigenvalue weighted by atomic mass is 16.5. The largest absolute Gasteiger partial charge is 0.379 e. The van der Waals surface area contributed by atoms with E-state index in [4.69, 9.17) is 4.74 Å². The lowest BCUT2D eigenvalue weighted by molar-refractivity contribution is -0.130. The molecule has 2 atom stereocenters.